The molecule has 0 aromatic heterocycles. The van der Waals surface area contributed by atoms with Crippen molar-refractivity contribution in [2.45, 2.75) is 46.0 Å². The fourth-order valence-electron chi connectivity index (χ4n) is 2.36. The van der Waals surface area contributed by atoms with Crippen molar-refractivity contribution in [1.82, 2.24) is 0 Å². The minimum absolute atomic E-state index is 0.101. The van der Waals surface area contributed by atoms with E-state index in [-0.39, 0.29) is 5.91 Å². The van der Waals surface area contributed by atoms with Crippen molar-refractivity contribution in [2.24, 2.45) is 11.7 Å². The Bertz CT molecular complexity index is 384. The highest BCUT2D eigenvalue weighted by molar-refractivity contribution is 5.90. The summed E-state index contributed by atoms with van der Waals surface area (Å²) in [6, 6.07) is 7.89. The third-order valence-corrected chi connectivity index (χ3v) is 3.35. The van der Waals surface area contributed by atoms with Gasteiger partial charge in [-0.15, -0.1) is 0 Å². The first-order valence-electron chi connectivity index (χ1n) is 7.22. The number of nitrogens with two attached hydrogens (primary N) is 1. The fraction of sp³-hybridized carbons (Fsp3) is 0.562. The molecule has 1 amide bonds. The van der Waals surface area contributed by atoms with E-state index in [1.54, 1.807) is 0 Å². The van der Waals surface area contributed by atoms with Crippen LogP contribution in [0.5, 0.6) is 0 Å². The number of hydrogen-bond donors (Lipinski definition) is 2. The van der Waals surface area contributed by atoms with Gasteiger partial charge in [0.15, 0.2) is 0 Å². The number of carbonyl (C=O) groups excluding carboxylic acids is 1. The summed E-state index contributed by atoms with van der Waals surface area (Å²) in [4.78, 5) is 11.9. The molecule has 0 saturated carbocycles. The number of benzene rings is 1. The van der Waals surface area contributed by atoms with Crippen molar-refractivity contribution in [3.63, 3.8) is 0 Å². The van der Waals surface area contributed by atoms with Crippen molar-refractivity contribution in [1.29, 1.82) is 0 Å². The zero-order valence-corrected chi connectivity index (χ0v) is 12.1. The van der Waals surface area contributed by atoms with Gasteiger partial charge in [-0.05, 0) is 49.9 Å². The minimum Gasteiger partial charge on any atom is -0.330 e. The van der Waals surface area contributed by atoms with Gasteiger partial charge >= 0.3 is 0 Å². The summed E-state index contributed by atoms with van der Waals surface area (Å²) in [5.74, 6) is 0.682. The van der Waals surface area contributed by atoms with Crippen molar-refractivity contribution in [3.05, 3.63) is 29.8 Å². The molecule has 1 aromatic rings. The quantitative estimate of drug-likeness (QED) is 0.753. The average molecular weight is 262 g/mol. The lowest BCUT2D eigenvalue weighted by atomic mass is 9.94. The zero-order chi connectivity index (χ0) is 14.1. The molecule has 0 radical (unpaired) electrons. The molecular weight excluding hydrogens is 236 g/mol. The van der Waals surface area contributed by atoms with E-state index in [1.807, 2.05) is 31.2 Å². The van der Waals surface area contributed by atoms with Crippen LogP contribution >= 0.6 is 0 Å². The van der Waals surface area contributed by atoms with Crippen LogP contribution in [0.1, 0.15) is 44.6 Å². The van der Waals surface area contributed by atoms with Gasteiger partial charge in [-0.1, -0.05) is 31.9 Å². The number of carbonyl (C=O) groups is 1. The molecule has 0 aliphatic rings. The second-order valence-electron chi connectivity index (χ2n) is 5.19. The Kier molecular flexibility index (Phi) is 7.19. The predicted octanol–water partition coefficient (Wildman–Crippen LogP) is 3.48. The van der Waals surface area contributed by atoms with Crippen LogP contribution < -0.4 is 11.1 Å². The first-order chi connectivity index (χ1) is 9.15. The van der Waals surface area contributed by atoms with Gasteiger partial charge in [0.1, 0.15) is 0 Å². The van der Waals surface area contributed by atoms with Crippen LogP contribution in [0.15, 0.2) is 24.3 Å². The normalized spacial score (nSPS) is 12.2. The van der Waals surface area contributed by atoms with Crippen molar-refractivity contribution < 1.29 is 4.79 Å². The molecule has 3 nitrogen and oxygen atoms in total. The van der Waals surface area contributed by atoms with E-state index in [9.17, 15) is 4.79 Å². The van der Waals surface area contributed by atoms with Crippen LogP contribution in [0, 0.1) is 12.8 Å². The Hall–Kier alpha value is -1.35. The second kappa shape index (κ2) is 8.70. The van der Waals surface area contributed by atoms with E-state index in [0.717, 1.165) is 36.9 Å². The Labute approximate surface area is 116 Å². The van der Waals surface area contributed by atoms with E-state index in [2.05, 4.69) is 12.2 Å². The molecule has 1 aromatic carbocycles. The molecule has 3 heteroatoms. The highest BCUT2D eigenvalue weighted by Gasteiger charge is 2.10. The SMILES string of the molecule is CCCC(CCN)CCC(=O)Nc1cccc(C)c1. The van der Waals surface area contributed by atoms with E-state index in [4.69, 9.17) is 5.73 Å². The number of hydrogen-bond acceptors (Lipinski definition) is 2. The van der Waals surface area contributed by atoms with E-state index >= 15 is 0 Å². The largest absolute Gasteiger partial charge is 0.330 e. The van der Waals surface area contributed by atoms with Crippen LogP contribution in [0.25, 0.3) is 0 Å². The number of aryl methyl sites for hydroxylation is 1. The molecule has 106 valence electrons. The van der Waals surface area contributed by atoms with Gasteiger partial charge < -0.3 is 11.1 Å². The number of nitrogens with one attached hydrogen (secondary N) is 1. The van der Waals surface area contributed by atoms with Crippen LogP contribution in [-0.4, -0.2) is 12.5 Å². The molecule has 0 heterocycles. The molecular formula is C16H26N2O. The number of amides is 1. The lowest BCUT2D eigenvalue weighted by Crippen LogP contribution is -2.15. The Morgan fingerprint density at radius 3 is 2.74 bits per heavy atom. The number of rotatable bonds is 8. The summed E-state index contributed by atoms with van der Waals surface area (Å²) in [5, 5.41) is 2.95. The highest BCUT2D eigenvalue weighted by atomic mass is 16.1. The van der Waals surface area contributed by atoms with Gasteiger partial charge in [0.05, 0.1) is 0 Å². The maximum absolute atomic E-state index is 11.9. The molecule has 3 N–H and O–H groups in total. The molecule has 0 fully saturated rings. The third-order valence-electron chi connectivity index (χ3n) is 3.35. The van der Waals surface area contributed by atoms with Crippen molar-refractivity contribution in [3.8, 4) is 0 Å². The summed E-state index contributed by atoms with van der Waals surface area (Å²) in [5.41, 5.74) is 7.65. The van der Waals surface area contributed by atoms with E-state index in [1.165, 1.54) is 0 Å². The maximum Gasteiger partial charge on any atom is 0.224 e. The first-order valence-corrected chi connectivity index (χ1v) is 7.22. The maximum atomic E-state index is 11.9. The van der Waals surface area contributed by atoms with Gasteiger partial charge in [-0.3, -0.25) is 4.79 Å². The highest BCUT2D eigenvalue weighted by Crippen LogP contribution is 2.18. The van der Waals surface area contributed by atoms with E-state index in [0.29, 0.717) is 18.9 Å². The van der Waals surface area contributed by atoms with Gasteiger partial charge in [0, 0.05) is 12.1 Å². The molecule has 0 aliphatic heterocycles. The van der Waals surface area contributed by atoms with Crippen LogP contribution in [0.4, 0.5) is 5.69 Å². The third kappa shape index (κ3) is 6.39. The van der Waals surface area contributed by atoms with E-state index < -0.39 is 0 Å². The summed E-state index contributed by atoms with van der Waals surface area (Å²) in [7, 11) is 0. The Morgan fingerprint density at radius 2 is 2.11 bits per heavy atom. The molecule has 0 bridgehead atoms. The molecule has 1 rings (SSSR count). The molecule has 0 saturated heterocycles. The standard InChI is InChI=1S/C16H26N2O/c1-3-5-14(10-11-17)8-9-16(19)18-15-7-4-6-13(2)12-15/h4,6-7,12,14H,3,5,8-11,17H2,1-2H3,(H,18,19). The topological polar surface area (TPSA) is 55.1 Å². The Balaban J connectivity index is 2.38. The molecule has 19 heavy (non-hydrogen) atoms. The zero-order valence-electron chi connectivity index (χ0n) is 12.1. The average Bonchev–Trinajstić information content (AvgIpc) is 2.36. The van der Waals surface area contributed by atoms with Crippen molar-refractivity contribution >= 4 is 11.6 Å². The van der Waals surface area contributed by atoms with Crippen molar-refractivity contribution in [2.75, 3.05) is 11.9 Å². The first kappa shape index (κ1) is 15.7. The monoisotopic (exact) mass is 262 g/mol. The van der Waals surface area contributed by atoms with Gasteiger partial charge in [-0.2, -0.15) is 0 Å². The minimum atomic E-state index is 0.101. The lowest BCUT2D eigenvalue weighted by molar-refractivity contribution is -0.116. The predicted molar refractivity (Wildman–Crippen MR) is 81.1 cm³/mol. The fourth-order valence-corrected chi connectivity index (χ4v) is 2.36. The van der Waals surface area contributed by atoms with Gasteiger partial charge in [-0.25, -0.2) is 0 Å². The molecule has 1 atom stereocenters. The molecule has 0 aliphatic carbocycles. The second-order valence-corrected chi connectivity index (χ2v) is 5.19. The lowest BCUT2D eigenvalue weighted by Gasteiger charge is -2.14. The van der Waals surface area contributed by atoms with Crippen LogP contribution in [0.3, 0.4) is 0 Å². The van der Waals surface area contributed by atoms with Gasteiger partial charge in [0.2, 0.25) is 5.91 Å². The van der Waals surface area contributed by atoms with Gasteiger partial charge in [0.25, 0.3) is 0 Å². The smallest absolute Gasteiger partial charge is 0.224 e. The summed E-state index contributed by atoms with van der Waals surface area (Å²) in [6.45, 7) is 4.91. The number of anilines is 1. The summed E-state index contributed by atoms with van der Waals surface area (Å²) < 4.78 is 0. The van der Waals surface area contributed by atoms with Crippen LogP contribution in [-0.2, 0) is 4.79 Å². The Morgan fingerprint density at radius 1 is 1.32 bits per heavy atom. The van der Waals surface area contributed by atoms with Crippen LogP contribution in [0.2, 0.25) is 0 Å². The summed E-state index contributed by atoms with van der Waals surface area (Å²) in [6.07, 6.45) is 4.85. The summed E-state index contributed by atoms with van der Waals surface area (Å²) >= 11 is 0. The molecule has 1 unspecified atom stereocenters. The molecule has 0 spiro atoms.